The molecule has 0 N–H and O–H groups in total. The molecule has 0 aromatic heterocycles. The van der Waals surface area contributed by atoms with E-state index < -0.39 is 24.0 Å². The van der Waals surface area contributed by atoms with Crippen LogP contribution in [-0.4, -0.2) is 43.0 Å². The van der Waals surface area contributed by atoms with Crippen LogP contribution in [0.15, 0.2) is 24.3 Å². The SMILES string of the molecule is CC(=O)c1ccccc1OCCO[C@H]1O[C@@H]2O[C@@]3(C)CCC4[C@H](C)CC[C@@H]([C@H]1C)[C@]42OO3. The van der Waals surface area contributed by atoms with E-state index in [9.17, 15) is 4.79 Å². The first-order valence-corrected chi connectivity index (χ1v) is 11.9. The fraction of sp³-hybridized carbons (Fsp3) is 0.720. The smallest absolute Gasteiger partial charge is 0.201 e. The number of fused-ring (bicyclic) bond motifs is 2. The maximum Gasteiger partial charge on any atom is 0.201 e. The molecule has 1 unspecified atom stereocenters. The van der Waals surface area contributed by atoms with Crippen LogP contribution in [0.5, 0.6) is 5.75 Å². The molecule has 2 bridgehead atoms. The number of ether oxygens (including phenoxy) is 4. The third kappa shape index (κ3) is 3.59. The fourth-order valence-corrected chi connectivity index (χ4v) is 6.26. The van der Waals surface area contributed by atoms with E-state index in [1.54, 1.807) is 12.1 Å². The van der Waals surface area contributed by atoms with Gasteiger partial charge in [-0.25, -0.2) is 9.78 Å². The van der Waals surface area contributed by atoms with Crippen molar-refractivity contribution in [3.8, 4) is 5.75 Å². The normalized spacial score (nSPS) is 42.8. The highest BCUT2D eigenvalue weighted by Crippen LogP contribution is 2.60. The molecular weight excluding hydrogens is 412 g/mol. The molecule has 1 aliphatic carbocycles. The molecular formula is C25H34O7. The summed E-state index contributed by atoms with van der Waals surface area (Å²) in [6.45, 7) is 8.62. The van der Waals surface area contributed by atoms with Crippen molar-refractivity contribution < 1.29 is 33.5 Å². The molecule has 32 heavy (non-hydrogen) atoms. The van der Waals surface area contributed by atoms with Gasteiger partial charge < -0.3 is 18.9 Å². The summed E-state index contributed by atoms with van der Waals surface area (Å²) in [5.41, 5.74) is -0.00322. The summed E-state index contributed by atoms with van der Waals surface area (Å²) < 4.78 is 24.8. The third-order valence-electron chi connectivity index (χ3n) is 7.99. The van der Waals surface area contributed by atoms with E-state index in [1.807, 2.05) is 19.1 Å². The van der Waals surface area contributed by atoms with Crippen molar-refractivity contribution in [3.63, 3.8) is 0 Å². The number of Topliss-reactive ketones (excluding diaryl/α,β-unsaturated/α-hetero) is 1. The molecule has 5 fully saturated rings. The van der Waals surface area contributed by atoms with Crippen LogP contribution in [0.1, 0.15) is 63.7 Å². The molecule has 0 radical (unpaired) electrons. The van der Waals surface area contributed by atoms with Gasteiger partial charge in [0.25, 0.3) is 0 Å². The molecule has 1 aromatic rings. The number of carbonyl (C=O) groups excluding carboxylic acids is 1. The van der Waals surface area contributed by atoms with Crippen molar-refractivity contribution in [1.82, 2.24) is 0 Å². The molecule has 4 heterocycles. The first-order valence-electron chi connectivity index (χ1n) is 11.9. The van der Waals surface area contributed by atoms with Crippen molar-refractivity contribution in [1.29, 1.82) is 0 Å². The standard InChI is InChI=1S/C25H34O7/c1-15-9-10-20-16(2)22(28-14-13-27-21-8-6-5-7-18(21)17(3)26)29-23-25(20)19(15)11-12-24(4,30-23)31-32-25/h5-8,15-16,19-20,22-23H,9-14H2,1-4H3/t15-,16-,19?,20+,22+,23-,24-,25-/m1/s1. The minimum atomic E-state index is -0.790. The monoisotopic (exact) mass is 446 g/mol. The van der Waals surface area contributed by atoms with E-state index in [1.165, 1.54) is 6.92 Å². The minimum Gasteiger partial charge on any atom is -0.490 e. The van der Waals surface area contributed by atoms with E-state index in [0.717, 1.165) is 25.7 Å². The van der Waals surface area contributed by atoms with Gasteiger partial charge in [0, 0.05) is 18.3 Å². The quantitative estimate of drug-likeness (QED) is 0.362. The summed E-state index contributed by atoms with van der Waals surface area (Å²) in [6.07, 6.45) is 3.07. The van der Waals surface area contributed by atoms with E-state index in [2.05, 4.69) is 13.8 Å². The first-order chi connectivity index (χ1) is 15.3. The lowest BCUT2D eigenvalue weighted by atomic mass is 9.58. The summed E-state index contributed by atoms with van der Waals surface area (Å²) in [6, 6.07) is 7.26. The van der Waals surface area contributed by atoms with Crippen LogP contribution in [0.4, 0.5) is 0 Å². The van der Waals surface area contributed by atoms with Crippen LogP contribution in [0.2, 0.25) is 0 Å². The number of ketones is 1. The van der Waals surface area contributed by atoms with E-state index in [4.69, 9.17) is 28.7 Å². The Morgan fingerprint density at radius 3 is 2.72 bits per heavy atom. The summed E-state index contributed by atoms with van der Waals surface area (Å²) >= 11 is 0. The van der Waals surface area contributed by atoms with Gasteiger partial charge in [-0.05, 0) is 57.1 Å². The van der Waals surface area contributed by atoms with Crippen molar-refractivity contribution >= 4 is 5.78 Å². The molecule has 176 valence electrons. The van der Waals surface area contributed by atoms with Gasteiger partial charge in [0.2, 0.25) is 5.79 Å². The largest absolute Gasteiger partial charge is 0.490 e. The average molecular weight is 447 g/mol. The molecule has 6 rings (SSSR count). The number of benzene rings is 1. The Hall–Kier alpha value is -1.51. The van der Waals surface area contributed by atoms with Crippen LogP contribution < -0.4 is 4.74 Å². The number of hydrogen-bond donors (Lipinski definition) is 0. The number of para-hydroxylation sites is 1. The topological polar surface area (TPSA) is 72.5 Å². The molecule has 4 aliphatic heterocycles. The van der Waals surface area contributed by atoms with E-state index in [0.29, 0.717) is 36.4 Å². The highest BCUT2D eigenvalue weighted by atomic mass is 17.3. The summed E-state index contributed by atoms with van der Waals surface area (Å²) in [5.74, 6) is 0.993. The van der Waals surface area contributed by atoms with Gasteiger partial charge >= 0.3 is 0 Å². The first kappa shape index (κ1) is 22.3. The van der Waals surface area contributed by atoms with E-state index >= 15 is 0 Å². The molecule has 7 nitrogen and oxygen atoms in total. The highest BCUT2D eigenvalue weighted by Gasteiger charge is 2.69. The van der Waals surface area contributed by atoms with Crippen LogP contribution in [-0.2, 0) is 24.0 Å². The zero-order chi connectivity index (χ0) is 22.5. The minimum absolute atomic E-state index is 0.0200. The van der Waals surface area contributed by atoms with Crippen molar-refractivity contribution in [2.45, 2.75) is 77.3 Å². The Labute approximate surface area is 189 Å². The highest BCUT2D eigenvalue weighted by molar-refractivity contribution is 5.96. The third-order valence-corrected chi connectivity index (χ3v) is 7.99. The van der Waals surface area contributed by atoms with Crippen molar-refractivity contribution in [3.05, 3.63) is 29.8 Å². The Kier molecular flexibility index (Phi) is 5.83. The van der Waals surface area contributed by atoms with Gasteiger partial charge in [-0.1, -0.05) is 26.0 Å². The summed E-state index contributed by atoms with van der Waals surface area (Å²) in [7, 11) is 0. The van der Waals surface area contributed by atoms with Crippen molar-refractivity contribution in [2.24, 2.45) is 23.7 Å². The maximum absolute atomic E-state index is 11.8. The molecule has 5 aliphatic rings. The molecule has 4 saturated heterocycles. The molecule has 1 aromatic carbocycles. The second-order valence-corrected chi connectivity index (χ2v) is 10.0. The van der Waals surface area contributed by atoms with Crippen LogP contribution in [0.25, 0.3) is 0 Å². The number of carbonyl (C=O) groups is 1. The predicted octanol–water partition coefficient (Wildman–Crippen LogP) is 4.49. The number of hydrogen-bond acceptors (Lipinski definition) is 7. The lowest BCUT2D eigenvalue weighted by Crippen LogP contribution is -2.70. The van der Waals surface area contributed by atoms with Gasteiger partial charge in [-0.3, -0.25) is 4.79 Å². The lowest BCUT2D eigenvalue weighted by Gasteiger charge is -2.60. The van der Waals surface area contributed by atoms with Crippen molar-refractivity contribution in [2.75, 3.05) is 13.2 Å². The summed E-state index contributed by atoms with van der Waals surface area (Å²) in [4.78, 5) is 23.8. The van der Waals surface area contributed by atoms with Crippen LogP contribution in [0.3, 0.4) is 0 Å². The Balaban J connectivity index is 1.27. The van der Waals surface area contributed by atoms with Crippen LogP contribution in [0, 0.1) is 23.7 Å². The van der Waals surface area contributed by atoms with Gasteiger partial charge in [-0.15, -0.1) is 0 Å². The average Bonchev–Trinajstić information content (AvgIpc) is 3.00. The summed E-state index contributed by atoms with van der Waals surface area (Å²) in [5, 5.41) is 0. The number of rotatable bonds is 6. The van der Waals surface area contributed by atoms with Gasteiger partial charge in [0.1, 0.15) is 12.4 Å². The molecule has 0 amide bonds. The second kappa shape index (κ2) is 8.37. The molecule has 1 saturated carbocycles. The van der Waals surface area contributed by atoms with E-state index in [-0.39, 0.29) is 17.6 Å². The maximum atomic E-state index is 11.8. The van der Waals surface area contributed by atoms with Gasteiger partial charge in [-0.2, -0.15) is 0 Å². The Morgan fingerprint density at radius 1 is 1.09 bits per heavy atom. The Bertz CT molecular complexity index is 858. The second-order valence-electron chi connectivity index (χ2n) is 10.0. The zero-order valence-corrected chi connectivity index (χ0v) is 19.4. The molecule has 1 spiro atoms. The fourth-order valence-electron chi connectivity index (χ4n) is 6.26. The molecule has 7 heteroatoms. The van der Waals surface area contributed by atoms with Gasteiger partial charge in [0.15, 0.2) is 24.0 Å². The van der Waals surface area contributed by atoms with Gasteiger partial charge in [0.05, 0.1) is 12.2 Å². The lowest BCUT2D eigenvalue weighted by molar-refractivity contribution is -0.577. The Morgan fingerprint density at radius 2 is 1.91 bits per heavy atom. The zero-order valence-electron chi connectivity index (χ0n) is 19.4. The molecule has 8 atom stereocenters. The van der Waals surface area contributed by atoms with Crippen LogP contribution >= 0.6 is 0 Å². The predicted molar refractivity (Wildman–Crippen MR) is 115 cm³/mol.